The molecule has 0 amide bonds. The molecule has 5 heteroatoms. The zero-order valence-corrected chi connectivity index (χ0v) is 13.2. The quantitative estimate of drug-likeness (QED) is 0.864. The number of anilines is 1. The summed E-state index contributed by atoms with van der Waals surface area (Å²) in [6.45, 7) is 8.02. The second kappa shape index (κ2) is 5.51. The fourth-order valence-corrected chi connectivity index (χ4v) is 3.38. The molecule has 0 aliphatic carbocycles. The molecule has 4 nitrogen and oxygen atoms in total. The van der Waals surface area contributed by atoms with Crippen molar-refractivity contribution in [3.8, 4) is 0 Å². The molecule has 0 bridgehead atoms. The Labute approximate surface area is 116 Å². The Hall–Kier alpha value is -1.07. The molecule has 0 heterocycles. The topological polar surface area (TPSA) is 63.4 Å². The molecule has 19 heavy (non-hydrogen) atoms. The smallest absolute Gasteiger partial charge is 0.218 e. The van der Waals surface area contributed by atoms with Gasteiger partial charge < -0.3 is 5.73 Å². The molecule has 0 fully saturated rings. The lowest BCUT2D eigenvalue weighted by molar-refractivity contribution is 0.216. The van der Waals surface area contributed by atoms with Crippen LogP contribution in [0.5, 0.6) is 0 Å². The van der Waals surface area contributed by atoms with Crippen LogP contribution in [-0.4, -0.2) is 25.8 Å². The minimum Gasteiger partial charge on any atom is -0.399 e. The normalized spacial score (nSPS) is 14.6. The minimum absolute atomic E-state index is 0.0189. The Kier molecular flexibility index (Phi) is 4.63. The van der Waals surface area contributed by atoms with Crippen LogP contribution in [0, 0.1) is 5.41 Å². The van der Waals surface area contributed by atoms with Crippen molar-refractivity contribution in [2.75, 3.05) is 12.8 Å². The molecule has 0 saturated heterocycles. The fourth-order valence-electron chi connectivity index (χ4n) is 1.78. The van der Waals surface area contributed by atoms with Crippen molar-refractivity contribution in [1.29, 1.82) is 0 Å². The predicted octanol–water partition coefficient (Wildman–Crippen LogP) is 2.47. The van der Waals surface area contributed by atoms with Crippen molar-refractivity contribution >= 4 is 15.7 Å². The summed E-state index contributed by atoms with van der Waals surface area (Å²) < 4.78 is 26.2. The van der Waals surface area contributed by atoms with Crippen LogP contribution in [0.3, 0.4) is 0 Å². The Morgan fingerprint density at radius 2 is 1.89 bits per heavy atom. The van der Waals surface area contributed by atoms with Crippen molar-refractivity contribution in [2.24, 2.45) is 5.41 Å². The van der Waals surface area contributed by atoms with Gasteiger partial charge in [-0.05, 0) is 30.0 Å². The van der Waals surface area contributed by atoms with Crippen molar-refractivity contribution in [1.82, 2.24) is 4.31 Å². The van der Waals surface area contributed by atoms with Gasteiger partial charge in [-0.2, -0.15) is 0 Å². The Morgan fingerprint density at radius 3 is 2.37 bits per heavy atom. The van der Waals surface area contributed by atoms with Gasteiger partial charge in [0.15, 0.2) is 0 Å². The molecule has 0 aromatic heterocycles. The summed E-state index contributed by atoms with van der Waals surface area (Å²) >= 11 is 0. The van der Waals surface area contributed by atoms with Gasteiger partial charge in [0.05, 0.1) is 5.75 Å². The maximum Gasteiger partial charge on any atom is 0.218 e. The maximum atomic E-state index is 12.4. The van der Waals surface area contributed by atoms with E-state index < -0.39 is 10.0 Å². The van der Waals surface area contributed by atoms with Crippen LogP contribution in [0.25, 0.3) is 0 Å². The molecule has 0 aliphatic heterocycles. The van der Waals surface area contributed by atoms with E-state index in [0.717, 1.165) is 0 Å². The summed E-state index contributed by atoms with van der Waals surface area (Å²) in [4.78, 5) is 0. The van der Waals surface area contributed by atoms with Crippen LogP contribution in [0.1, 0.15) is 33.3 Å². The number of benzene rings is 1. The van der Waals surface area contributed by atoms with E-state index >= 15 is 0 Å². The van der Waals surface area contributed by atoms with Crippen LogP contribution < -0.4 is 5.73 Å². The average molecular weight is 284 g/mol. The Bertz CT molecular complexity index is 533. The molecule has 0 spiro atoms. The number of rotatable bonds is 4. The van der Waals surface area contributed by atoms with E-state index in [4.69, 9.17) is 5.73 Å². The van der Waals surface area contributed by atoms with E-state index in [1.165, 1.54) is 4.31 Å². The highest BCUT2D eigenvalue weighted by atomic mass is 32.2. The molecule has 0 aliphatic rings. The molecule has 0 saturated carbocycles. The van der Waals surface area contributed by atoms with Gasteiger partial charge in [0, 0.05) is 18.8 Å². The van der Waals surface area contributed by atoms with E-state index in [0.29, 0.717) is 11.3 Å². The molecule has 0 radical (unpaired) electrons. The third kappa shape index (κ3) is 4.21. The first-order chi connectivity index (χ1) is 8.54. The molecular weight excluding hydrogens is 260 g/mol. The fraction of sp³-hybridized carbons (Fsp3) is 0.571. The highest BCUT2D eigenvalue weighted by Gasteiger charge is 2.31. The summed E-state index contributed by atoms with van der Waals surface area (Å²) in [5, 5.41) is 0. The highest BCUT2D eigenvalue weighted by Crippen LogP contribution is 2.26. The second-order valence-electron chi connectivity index (χ2n) is 6.06. The monoisotopic (exact) mass is 284 g/mol. The number of nitrogens with zero attached hydrogens (tertiary/aromatic N) is 1. The van der Waals surface area contributed by atoms with E-state index in [9.17, 15) is 8.42 Å². The zero-order chi connectivity index (χ0) is 14.8. The Balaban J connectivity index is 2.93. The van der Waals surface area contributed by atoms with Crippen molar-refractivity contribution in [3.05, 3.63) is 29.8 Å². The molecule has 108 valence electrons. The lowest BCUT2D eigenvalue weighted by atomic mass is 9.88. The van der Waals surface area contributed by atoms with Crippen molar-refractivity contribution in [2.45, 2.75) is 39.5 Å². The zero-order valence-electron chi connectivity index (χ0n) is 12.3. The van der Waals surface area contributed by atoms with Gasteiger partial charge in [-0.3, -0.25) is 0 Å². The van der Waals surface area contributed by atoms with Gasteiger partial charge in [-0.25, -0.2) is 12.7 Å². The Morgan fingerprint density at radius 1 is 1.32 bits per heavy atom. The molecule has 1 atom stereocenters. The van der Waals surface area contributed by atoms with Crippen LogP contribution in [0.15, 0.2) is 24.3 Å². The molecular formula is C14H24N2O2S. The van der Waals surface area contributed by atoms with Crippen LogP contribution in [-0.2, 0) is 15.8 Å². The van der Waals surface area contributed by atoms with Gasteiger partial charge >= 0.3 is 0 Å². The molecule has 2 N–H and O–H groups in total. The first-order valence-corrected chi connectivity index (χ1v) is 7.95. The van der Waals surface area contributed by atoms with Crippen molar-refractivity contribution in [3.63, 3.8) is 0 Å². The predicted molar refractivity (Wildman–Crippen MR) is 80.2 cm³/mol. The summed E-state index contributed by atoms with van der Waals surface area (Å²) in [6, 6.07) is 6.93. The van der Waals surface area contributed by atoms with Crippen LogP contribution in [0.2, 0.25) is 0 Å². The summed E-state index contributed by atoms with van der Waals surface area (Å²) in [5.41, 5.74) is 6.87. The maximum absolute atomic E-state index is 12.4. The summed E-state index contributed by atoms with van der Waals surface area (Å²) in [7, 11) is -1.70. The van der Waals surface area contributed by atoms with E-state index in [-0.39, 0.29) is 17.2 Å². The van der Waals surface area contributed by atoms with E-state index in [2.05, 4.69) is 0 Å². The van der Waals surface area contributed by atoms with Gasteiger partial charge in [0.2, 0.25) is 10.0 Å². The first-order valence-electron chi connectivity index (χ1n) is 6.34. The number of hydrogen-bond donors (Lipinski definition) is 1. The molecule has 1 aromatic carbocycles. The first kappa shape index (κ1) is 16.0. The molecule has 1 rings (SSSR count). The van der Waals surface area contributed by atoms with Crippen molar-refractivity contribution < 1.29 is 8.42 Å². The van der Waals surface area contributed by atoms with Crippen LogP contribution >= 0.6 is 0 Å². The minimum atomic E-state index is -3.33. The summed E-state index contributed by atoms with van der Waals surface area (Å²) in [6.07, 6.45) is 0. The van der Waals surface area contributed by atoms with Crippen LogP contribution in [0.4, 0.5) is 5.69 Å². The van der Waals surface area contributed by atoms with Gasteiger partial charge in [-0.15, -0.1) is 0 Å². The lowest BCUT2D eigenvalue weighted by Crippen LogP contribution is -2.43. The third-order valence-corrected chi connectivity index (χ3v) is 5.43. The number of nitrogens with two attached hydrogens (primary N) is 1. The van der Waals surface area contributed by atoms with Gasteiger partial charge in [0.1, 0.15) is 0 Å². The number of nitrogen functional groups attached to an aromatic ring is 1. The van der Waals surface area contributed by atoms with Gasteiger partial charge in [-0.1, -0.05) is 32.9 Å². The standard InChI is InChI=1S/C14H24N2O2S/c1-11(14(2,3)4)16(5)19(17,18)10-12-7-6-8-13(15)9-12/h6-9,11H,10,15H2,1-5H3. The highest BCUT2D eigenvalue weighted by molar-refractivity contribution is 7.88. The summed E-state index contributed by atoms with van der Waals surface area (Å²) in [5.74, 6) is -0.0189. The average Bonchev–Trinajstić information content (AvgIpc) is 2.25. The largest absolute Gasteiger partial charge is 0.399 e. The third-order valence-electron chi connectivity index (χ3n) is 3.54. The lowest BCUT2D eigenvalue weighted by Gasteiger charge is -2.34. The SMILES string of the molecule is CC(N(C)S(=O)(=O)Cc1cccc(N)c1)C(C)(C)C. The van der Waals surface area contributed by atoms with Gasteiger partial charge in [0.25, 0.3) is 0 Å². The molecule has 1 aromatic rings. The van der Waals surface area contributed by atoms with E-state index in [1.54, 1.807) is 31.3 Å². The number of hydrogen-bond acceptors (Lipinski definition) is 3. The second-order valence-corrected chi connectivity index (χ2v) is 8.09. The molecule has 1 unspecified atom stereocenters. The van der Waals surface area contributed by atoms with E-state index in [1.807, 2.05) is 27.7 Å². The number of sulfonamides is 1.